The first-order chi connectivity index (χ1) is 29.1. The zero-order valence-corrected chi connectivity index (χ0v) is 38.5. The third-order valence-corrected chi connectivity index (χ3v) is 18.3. The Bertz CT molecular complexity index is 2280. The molecule has 0 aromatic heterocycles. The largest absolute Gasteiger partial charge is 0.458 e. The molecule has 0 radical (unpaired) electrons. The number of aliphatic hydroxyl groups is 1. The molecule has 14 nitrogen and oxygen atoms in total. The van der Waals surface area contributed by atoms with Crippen LogP contribution in [0, 0.1) is 57.7 Å². The first kappa shape index (κ1) is 42.5. The molecule has 8 fully saturated rings. The van der Waals surface area contributed by atoms with Crippen molar-refractivity contribution >= 4 is 61.7 Å². The minimum absolute atomic E-state index is 0.0369. The summed E-state index contributed by atoms with van der Waals surface area (Å²) in [5.74, 6) is -9.67. The molecular formula is C46H51Br2NO13. The number of aliphatic hydroxyl groups excluding tert-OH is 1. The molecule has 0 bridgehead atoms. The number of hydrogen-bond acceptors (Lipinski definition) is 14. The van der Waals surface area contributed by atoms with Crippen LogP contribution >= 0.6 is 31.9 Å². The predicted molar refractivity (Wildman–Crippen MR) is 222 cm³/mol. The van der Waals surface area contributed by atoms with Crippen LogP contribution in [0.4, 0.5) is 0 Å². The van der Waals surface area contributed by atoms with Crippen molar-refractivity contribution in [3.63, 3.8) is 0 Å². The maximum absolute atomic E-state index is 14.4. The van der Waals surface area contributed by atoms with Gasteiger partial charge in [0.2, 0.25) is 5.60 Å². The Hall–Kier alpha value is -3.41. The maximum Gasteiger partial charge on any atom is 0.353 e. The van der Waals surface area contributed by atoms with E-state index in [1.54, 1.807) is 55.5 Å². The molecule has 3 saturated heterocycles. The summed E-state index contributed by atoms with van der Waals surface area (Å²) in [6.45, 7) is 11.9. The number of halogens is 2. The summed E-state index contributed by atoms with van der Waals surface area (Å²) >= 11 is 6.84. The van der Waals surface area contributed by atoms with Gasteiger partial charge in [-0.1, -0.05) is 52.6 Å². The molecule has 1 spiro atoms. The van der Waals surface area contributed by atoms with Crippen molar-refractivity contribution in [1.29, 1.82) is 0 Å². The summed E-state index contributed by atoms with van der Waals surface area (Å²) in [4.78, 5) is 69.7. The Balaban J connectivity index is 1.17. The molecule has 62 heavy (non-hydrogen) atoms. The molecule has 5 aliphatic carbocycles. The smallest absolute Gasteiger partial charge is 0.353 e. The summed E-state index contributed by atoms with van der Waals surface area (Å²) in [6.07, 6.45) is -4.33. The second-order valence-electron chi connectivity index (χ2n) is 19.9. The number of epoxide rings is 2. The van der Waals surface area contributed by atoms with E-state index in [0.29, 0.717) is 18.4 Å². The molecule has 0 amide bonds. The quantitative estimate of drug-likeness (QED) is 0.208. The zero-order valence-electron chi connectivity index (χ0n) is 35.4. The molecule has 3 heterocycles. The number of rotatable bonds is 6. The third-order valence-electron chi connectivity index (χ3n) is 17.3. The van der Waals surface area contributed by atoms with Gasteiger partial charge in [-0.15, -0.1) is 0 Å². The Morgan fingerprint density at radius 2 is 1.39 bits per heavy atom. The average Bonchev–Trinajstić information content (AvgIpc) is 4.11. The number of ether oxygens (including phenoxy) is 7. The minimum Gasteiger partial charge on any atom is -0.458 e. The first-order valence-electron chi connectivity index (χ1n) is 21.4. The van der Waals surface area contributed by atoms with Gasteiger partial charge >= 0.3 is 29.8 Å². The summed E-state index contributed by atoms with van der Waals surface area (Å²) < 4.78 is 46.3. The molecule has 10 rings (SSSR count). The second-order valence-corrected chi connectivity index (χ2v) is 21.8. The van der Waals surface area contributed by atoms with Crippen LogP contribution in [0.5, 0.6) is 0 Å². The standard InChI is InChI=1S/C46H51Br2NO13/c1-18-29-32(44(6)45(7,41(55)62-46(44)37(18)60-46)61-40(54)22-10-14-24(48)15-11-22)34(52)30-28-31(36(56-19(2)50)38(43(29,30)5)57-20(3)51)42(4)17-27-26(58-27)16-25(42)33(49)35(28)59-39(53)21-8-12-23(47)13-9-21/h8-15,18,25-38,52H,16-17,49H2,1-7H3/t18-,25+,26-,27+,28?,29-,30+,31?,32-,33+,34+,35+,36-,37+,38-,42-,43+,44-,45+,46-/m0/s1. The summed E-state index contributed by atoms with van der Waals surface area (Å²) in [7, 11) is 0. The van der Waals surface area contributed by atoms with E-state index in [1.165, 1.54) is 20.8 Å². The number of esters is 5. The molecular weight excluding hydrogens is 934 g/mol. The number of fused-ring (bicyclic) bond motifs is 9. The number of carbonyl (C=O) groups excluding carboxylic acids is 5. The van der Waals surface area contributed by atoms with Gasteiger partial charge in [0.1, 0.15) is 24.4 Å². The minimum atomic E-state index is -2.00. The summed E-state index contributed by atoms with van der Waals surface area (Å²) in [5.41, 5.74) is 2.38. The van der Waals surface area contributed by atoms with Gasteiger partial charge in [0.05, 0.1) is 34.9 Å². The van der Waals surface area contributed by atoms with Gasteiger partial charge in [0.15, 0.2) is 0 Å². The van der Waals surface area contributed by atoms with Crippen molar-refractivity contribution < 1.29 is 62.2 Å². The molecule has 2 unspecified atom stereocenters. The Kier molecular flexibility index (Phi) is 9.47. The highest BCUT2D eigenvalue weighted by Gasteiger charge is 2.94. The lowest BCUT2D eigenvalue weighted by atomic mass is 9.41. The number of benzene rings is 2. The molecule has 3 N–H and O–H groups in total. The Morgan fingerprint density at radius 3 is 1.98 bits per heavy atom. The summed E-state index contributed by atoms with van der Waals surface area (Å²) in [5, 5.41) is 13.6. The van der Waals surface area contributed by atoms with Crippen LogP contribution in [0.1, 0.15) is 82.0 Å². The molecule has 3 aliphatic heterocycles. The van der Waals surface area contributed by atoms with Gasteiger partial charge in [0, 0.05) is 57.9 Å². The van der Waals surface area contributed by atoms with Crippen LogP contribution < -0.4 is 5.73 Å². The van der Waals surface area contributed by atoms with E-state index in [-0.39, 0.29) is 23.7 Å². The highest BCUT2D eigenvalue weighted by atomic mass is 79.9. The van der Waals surface area contributed by atoms with Gasteiger partial charge in [-0.05, 0) is 98.4 Å². The highest BCUT2D eigenvalue weighted by molar-refractivity contribution is 9.10. The average molecular weight is 986 g/mol. The lowest BCUT2D eigenvalue weighted by molar-refractivity contribution is -0.270. The van der Waals surface area contributed by atoms with E-state index in [2.05, 4.69) is 38.8 Å². The SMILES string of the molecule is CC(=O)O[C@H]1C2C([C@@H](OC(=O)c3ccc(Br)cc3)[C@H](N)[C@H]3C[C@@H]4O[C@@H]4C[C@]23C)[C@@H]2[C@@H](O)[C@@H]3[C@H]([C@H](C)[C@H]4O[C@]45OC(=O)[C@@](C)(OC(=O)c4ccc(Br)cc4)[C@]35C)[C@@]2(C)[C@H]1OC(C)=O. The molecule has 8 aliphatic rings. The summed E-state index contributed by atoms with van der Waals surface area (Å²) in [6, 6.07) is 12.5. The number of carbonyl (C=O) groups is 5. The Morgan fingerprint density at radius 1 is 0.790 bits per heavy atom. The van der Waals surface area contributed by atoms with Crippen LogP contribution in [-0.4, -0.2) is 95.1 Å². The molecule has 20 atom stereocenters. The molecule has 16 heteroatoms. The number of hydrogen-bond donors (Lipinski definition) is 2. The van der Waals surface area contributed by atoms with E-state index in [9.17, 15) is 29.1 Å². The van der Waals surface area contributed by atoms with Gasteiger partial charge < -0.3 is 44.0 Å². The predicted octanol–water partition coefficient (Wildman–Crippen LogP) is 5.52. The van der Waals surface area contributed by atoms with E-state index in [0.717, 1.165) is 8.95 Å². The van der Waals surface area contributed by atoms with E-state index in [4.69, 9.17) is 38.9 Å². The maximum atomic E-state index is 14.4. The third kappa shape index (κ3) is 5.48. The fourth-order valence-electron chi connectivity index (χ4n) is 14.7. The fraction of sp³-hybridized carbons (Fsp3) is 0.630. The molecule has 2 aromatic rings. The van der Waals surface area contributed by atoms with Crippen LogP contribution in [0.25, 0.3) is 0 Å². The highest BCUT2D eigenvalue weighted by Crippen LogP contribution is 2.81. The Labute approximate surface area is 375 Å². The lowest BCUT2D eigenvalue weighted by Crippen LogP contribution is -2.74. The zero-order chi connectivity index (χ0) is 44.4. The van der Waals surface area contributed by atoms with E-state index < -0.39 is 130 Å². The van der Waals surface area contributed by atoms with Crippen LogP contribution in [-0.2, 0) is 47.5 Å². The van der Waals surface area contributed by atoms with Crippen molar-refractivity contribution in [2.45, 2.75) is 121 Å². The van der Waals surface area contributed by atoms with E-state index >= 15 is 0 Å². The van der Waals surface area contributed by atoms with Gasteiger partial charge in [-0.25, -0.2) is 14.4 Å². The van der Waals surface area contributed by atoms with Crippen LogP contribution in [0.15, 0.2) is 57.5 Å². The van der Waals surface area contributed by atoms with Crippen LogP contribution in [0.2, 0.25) is 0 Å². The molecule has 2 aromatic carbocycles. The first-order valence-corrected chi connectivity index (χ1v) is 23.0. The van der Waals surface area contributed by atoms with Gasteiger partial charge in [-0.3, -0.25) is 9.59 Å². The van der Waals surface area contributed by atoms with Crippen molar-refractivity contribution in [3.8, 4) is 0 Å². The molecule has 5 saturated carbocycles. The monoisotopic (exact) mass is 983 g/mol. The van der Waals surface area contributed by atoms with Gasteiger partial charge in [0.25, 0.3) is 5.79 Å². The van der Waals surface area contributed by atoms with Crippen molar-refractivity contribution in [2.24, 2.45) is 63.4 Å². The number of nitrogens with two attached hydrogens (primary N) is 1. The van der Waals surface area contributed by atoms with E-state index in [1.807, 2.05) is 13.8 Å². The fourth-order valence-corrected chi connectivity index (χ4v) is 15.2. The van der Waals surface area contributed by atoms with Crippen molar-refractivity contribution in [3.05, 3.63) is 68.6 Å². The molecule has 332 valence electrons. The lowest BCUT2D eigenvalue weighted by Gasteiger charge is -2.66. The topological polar surface area (TPSA) is 203 Å². The van der Waals surface area contributed by atoms with Crippen molar-refractivity contribution in [2.75, 3.05) is 0 Å². The van der Waals surface area contributed by atoms with Crippen LogP contribution in [0.3, 0.4) is 0 Å². The van der Waals surface area contributed by atoms with Crippen molar-refractivity contribution in [1.82, 2.24) is 0 Å². The second kappa shape index (κ2) is 13.8. The van der Waals surface area contributed by atoms with Gasteiger partial charge in [-0.2, -0.15) is 0 Å². The normalized spacial score (nSPS) is 48.6.